The van der Waals surface area contributed by atoms with Crippen LogP contribution in [0.5, 0.6) is 0 Å². The summed E-state index contributed by atoms with van der Waals surface area (Å²) in [6.45, 7) is 2.27. The van der Waals surface area contributed by atoms with E-state index in [2.05, 4.69) is 6.92 Å². The van der Waals surface area contributed by atoms with E-state index in [-0.39, 0.29) is 6.10 Å². The van der Waals surface area contributed by atoms with Gasteiger partial charge in [-0.25, -0.2) is 0 Å². The summed E-state index contributed by atoms with van der Waals surface area (Å²) < 4.78 is 0. The Bertz CT molecular complexity index is 274. The van der Waals surface area contributed by atoms with Crippen LogP contribution < -0.4 is 0 Å². The largest absolute Gasteiger partial charge is 0.393 e. The first-order valence-electron chi connectivity index (χ1n) is 9.37. The normalized spacial score (nSPS) is 40.2. The number of aliphatic hydroxyl groups is 1. The minimum Gasteiger partial charge on any atom is -0.393 e. The highest BCUT2D eigenvalue weighted by molar-refractivity contribution is 5.01. The maximum atomic E-state index is 10.5. The molecule has 0 saturated heterocycles. The molecule has 0 spiro atoms. The van der Waals surface area contributed by atoms with Crippen LogP contribution in [0.3, 0.4) is 0 Å². The summed E-state index contributed by atoms with van der Waals surface area (Å²) in [7, 11) is 0. The van der Waals surface area contributed by atoms with E-state index in [0.717, 1.165) is 30.6 Å². The van der Waals surface area contributed by atoms with E-state index in [0.29, 0.717) is 5.41 Å². The quantitative estimate of drug-likeness (QED) is 0.596. The number of unbranched alkanes of at least 4 members (excludes halogenated alkanes) is 4. The Balaban J connectivity index is 1.43. The molecule has 1 heteroatoms. The molecule has 4 fully saturated rings. The molecule has 116 valence electrons. The number of hydrogen-bond acceptors (Lipinski definition) is 1. The van der Waals surface area contributed by atoms with Crippen molar-refractivity contribution in [1.82, 2.24) is 0 Å². The first-order valence-corrected chi connectivity index (χ1v) is 9.37. The zero-order valence-electron chi connectivity index (χ0n) is 13.4. The van der Waals surface area contributed by atoms with Crippen molar-refractivity contribution in [2.24, 2.45) is 23.2 Å². The maximum Gasteiger partial charge on any atom is 0.0545 e. The van der Waals surface area contributed by atoms with E-state index < -0.39 is 0 Å². The van der Waals surface area contributed by atoms with Crippen molar-refractivity contribution >= 4 is 0 Å². The minimum absolute atomic E-state index is 0.00660. The maximum absolute atomic E-state index is 10.5. The van der Waals surface area contributed by atoms with Crippen molar-refractivity contribution in [2.45, 2.75) is 96.5 Å². The lowest BCUT2D eigenvalue weighted by atomic mass is 9.48. The fourth-order valence-electron chi connectivity index (χ4n) is 6.13. The Morgan fingerprint density at radius 1 is 0.900 bits per heavy atom. The molecule has 4 saturated carbocycles. The van der Waals surface area contributed by atoms with Crippen LogP contribution in [0, 0.1) is 23.2 Å². The second kappa shape index (κ2) is 6.38. The summed E-state index contributed by atoms with van der Waals surface area (Å²) in [5.41, 5.74) is 0.567. The smallest absolute Gasteiger partial charge is 0.0545 e. The summed E-state index contributed by atoms with van der Waals surface area (Å²) in [6, 6.07) is 0. The molecule has 4 aliphatic carbocycles. The Hall–Kier alpha value is -0.0400. The summed E-state index contributed by atoms with van der Waals surface area (Å²) in [4.78, 5) is 0. The molecule has 20 heavy (non-hydrogen) atoms. The summed E-state index contributed by atoms with van der Waals surface area (Å²) >= 11 is 0. The molecule has 4 bridgehead atoms. The standard InChI is InChI=1S/C19H34O/c1-2-3-4-5-6-7-18(20)14-19-11-15-8-16(12-19)10-17(9-15)13-19/h15-18,20H,2-14H2,1H3. The lowest BCUT2D eigenvalue weighted by Crippen LogP contribution is -2.47. The molecule has 0 aliphatic heterocycles. The van der Waals surface area contributed by atoms with Gasteiger partial charge in [0, 0.05) is 0 Å². The van der Waals surface area contributed by atoms with Gasteiger partial charge in [0.1, 0.15) is 0 Å². The zero-order valence-corrected chi connectivity index (χ0v) is 13.4. The van der Waals surface area contributed by atoms with Gasteiger partial charge in [0.2, 0.25) is 0 Å². The number of hydrogen-bond donors (Lipinski definition) is 1. The fraction of sp³-hybridized carbons (Fsp3) is 1.00. The third-order valence-corrected chi connectivity index (χ3v) is 6.47. The fourth-order valence-corrected chi connectivity index (χ4v) is 6.13. The minimum atomic E-state index is -0.00660. The van der Waals surface area contributed by atoms with Crippen molar-refractivity contribution in [1.29, 1.82) is 0 Å². The first-order chi connectivity index (χ1) is 9.69. The summed E-state index contributed by atoms with van der Waals surface area (Å²) in [5.74, 6) is 3.08. The van der Waals surface area contributed by atoms with Gasteiger partial charge < -0.3 is 5.11 Å². The Labute approximate surface area is 125 Å². The van der Waals surface area contributed by atoms with Crippen LogP contribution in [0.25, 0.3) is 0 Å². The van der Waals surface area contributed by atoms with E-state index in [1.165, 1.54) is 70.6 Å². The van der Waals surface area contributed by atoms with Crippen LogP contribution >= 0.6 is 0 Å². The molecule has 0 aromatic carbocycles. The van der Waals surface area contributed by atoms with Crippen molar-refractivity contribution < 1.29 is 5.11 Å². The van der Waals surface area contributed by atoms with Crippen LogP contribution in [0.1, 0.15) is 90.4 Å². The molecule has 0 aromatic rings. The van der Waals surface area contributed by atoms with Crippen LogP contribution in [0.15, 0.2) is 0 Å². The Morgan fingerprint density at radius 2 is 1.45 bits per heavy atom. The van der Waals surface area contributed by atoms with Gasteiger partial charge in [0.15, 0.2) is 0 Å². The second-order valence-electron chi connectivity index (χ2n) is 8.48. The predicted octanol–water partition coefficient (Wildman–Crippen LogP) is 5.31. The lowest BCUT2D eigenvalue weighted by Gasteiger charge is -2.57. The highest BCUT2D eigenvalue weighted by Crippen LogP contribution is 2.61. The third kappa shape index (κ3) is 3.40. The Kier molecular flexibility index (Phi) is 4.75. The topological polar surface area (TPSA) is 20.2 Å². The van der Waals surface area contributed by atoms with E-state index in [9.17, 15) is 5.11 Å². The molecule has 0 amide bonds. The van der Waals surface area contributed by atoms with Gasteiger partial charge in [-0.15, -0.1) is 0 Å². The number of rotatable bonds is 8. The second-order valence-corrected chi connectivity index (χ2v) is 8.48. The van der Waals surface area contributed by atoms with Gasteiger partial charge in [-0.05, 0) is 74.5 Å². The summed E-state index contributed by atoms with van der Waals surface area (Å²) in [6.07, 6.45) is 17.7. The van der Waals surface area contributed by atoms with Gasteiger partial charge in [-0.2, -0.15) is 0 Å². The zero-order chi connectivity index (χ0) is 14.0. The molecular formula is C19H34O. The summed E-state index contributed by atoms with van der Waals surface area (Å²) in [5, 5.41) is 10.5. The highest BCUT2D eigenvalue weighted by Gasteiger charge is 2.51. The van der Waals surface area contributed by atoms with E-state index in [1.54, 1.807) is 0 Å². The van der Waals surface area contributed by atoms with E-state index >= 15 is 0 Å². The molecule has 1 unspecified atom stereocenters. The van der Waals surface area contributed by atoms with E-state index in [4.69, 9.17) is 0 Å². The average Bonchev–Trinajstić information content (AvgIpc) is 2.36. The van der Waals surface area contributed by atoms with Crippen molar-refractivity contribution in [2.75, 3.05) is 0 Å². The van der Waals surface area contributed by atoms with Gasteiger partial charge in [-0.3, -0.25) is 0 Å². The molecule has 0 aromatic heterocycles. The molecule has 4 aliphatic rings. The predicted molar refractivity (Wildman–Crippen MR) is 84.6 cm³/mol. The number of aliphatic hydroxyl groups excluding tert-OH is 1. The SMILES string of the molecule is CCCCCCCC(O)CC12CC3CC(CC(C3)C1)C2. The first kappa shape index (κ1) is 14.9. The van der Waals surface area contributed by atoms with Crippen molar-refractivity contribution in [3.05, 3.63) is 0 Å². The van der Waals surface area contributed by atoms with E-state index in [1.807, 2.05) is 0 Å². The third-order valence-electron chi connectivity index (χ3n) is 6.47. The van der Waals surface area contributed by atoms with Crippen LogP contribution in [0.2, 0.25) is 0 Å². The molecule has 0 heterocycles. The van der Waals surface area contributed by atoms with Gasteiger partial charge in [0.05, 0.1) is 6.10 Å². The molecular weight excluding hydrogens is 244 g/mol. The Morgan fingerprint density at radius 3 is 2.00 bits per heavy atom. The van der Waals surface area contributed by atoms with Crippen molar-refractivity contribution in [3.8, 4) is 0 Å². The highest BCUT2D eigenvalue weighted by atomic mass is 16.3. The van der Waals surface area contributed by atoms with Crippen LogP contribution in [-0.2, 0) is 0 Å². The van der Waals surface area contributed by atoms with Gasteiger partial charge >= 0.3 is 0 Å². The molecule has 1 atom stereocenters. The van der Waals surface area contributed by atoms with Crippen LogP contribution in [0.4, 0.5) is 0 Å². The van der Waals surface area contributed by atoms with Crippen molar-refractivity contribution in [3.63, 3.8) is 0 Å². The molecule has 1 nitrogen and oxygen atoms in total. The lowest BCUT2D eigenvalue weighted by molar-refractivity contribution is -0.0768. The van der Waals surface area contributed by atoms with Gasteiger partial charge in [0.25, 0.3) is 0 Å². The van der Waals surface area contributed by atoms with Crippen LogP contribution in [-0.4, -0.2) is 11.2 Å². The molecule has 4 rings (SSSR count). The molecule has 1 N–H and O–H groups in total. The molecule has 0 radical (unpaired) electrons. The van der Waals surface area contributed by atoms with Gasteiger partial charge in [-0.1, -0.05) is 39.0 Å². The average molecular weight is 278 g/mol. The monoisotopic (exact) mass is 278 g/mol.